The molecule has 1 aliphatic rings. The van der Waals surface area contributed by atoms with Crippen LogP contribution in [-0.2, 0) is 6.54 Å². The predicted molar refractivity (Wildman–Crippen MR) is 110 cm³/mol. The summed E-state index contributed by atoms with van der Waals surface area (Å²) in [6.45, 7) is 7.59. The number of rotatable bonds is 4. The molecule has 0 aliphatic carbocycles. The molecule has 0 unspecified atom stereocenters. The Morgan fingerprint density at radius 1 is 1.26 bits per heavy atom. The molecular weight excluding hydrogens is 423 g/mol. The number of aliphatic imine (C=N–C) groups is 1. The lowest BCUT2D eigenvalue weighted by molar-refractivity contribution is 0.167. The van der Waals surface area contributed by atoms with E-state index in [1.807, 2.05) is 31.3 Å². The van der Waals surface area contributed by atoms with E-state index in [4.69, 9.17) is 11.6 Å². The summed E-state index contributed by atoms with van der Waals surface area (Å²) in [5.41, 5.74) is 1.20. The molecule has 0 saturated carbocycles. The Morgan fingerprint density at radius 3 is 2.39 bits per heavy atom. The first-order valence-electron chi connectivity index (χ1n) is 8.04. The van der Waals surface area contributed by atoms with Gasteiger partial charge in [0.25, 0.3) is 0 Å². The molecule has 1 saturated heterocycles. The topological polar surface area (TPSA) is 39.7 Å². The monoisotopic (exact) mass is 450 g/mol. The molecule has 2 N–H and O–H groups in total. The highest BCUT2D eigenvalue weighted by Gasteiger charge is 2.21. The highest BCUT2D eigenvalue weighted by atomic mass is 127. The van der Waals surface area contributed by atoms with Gasteiger partial charge in [-0.3, -0.25) is 4.99 Å². The summed E-state index contributed by atoms with van der Waals surface area (Å²) in [6, 6.07) is 9.04. The van der Waals surface area contributed by atoms with Gasteiger partial charge in [0.05, 0.1) is 0 Å². The van der Waals surface area contributed by atoms with E-state index in [0.29, 0.717) is 12.1 Å². The van der Waals surface area contributed by atoms with Crippen molar-refractivity contribution in [3.05, 3.63) is 34.9 Å². The summed E-state index contributed by atoms with van der Waals surface area (Å²) in [6.07, 6.45) is 2.33. The summed E-state index contributed by atoms with van der Waals surface area (Å²) in [7, 11) is 1.82. The Hall–Kier alpha value is -0.530. The van der Waals surface area contributed by atoms with Crippen LogP contribution in [0.2, 0.25) is 5.02 Å². The molecule has 23 heavy (non-hydrogen) atoms. The predicted octanol–water partition coefficient (Wildman–Crippen LogP) is 3.50. The van der Waals surface area contributed by atoms with E-state index in [-0.39, 0.29) is 24.0 Å². The fourth-order valence-electron chi connectivity index (χ4n) is 2.74. The zero-order valence-corrected chi connectivity index (χ0v) is 17.3. The van der Waals surface area contributed by atoms with Crippen LogP contribution < -0.4 is 10.6 Å². The van der Waals surface area contributed by atoms with Gasteiger partial charge in [-0.15, -0.1) is 24.0 Å². The summed E-state index contributed by atoms with van der Waals surface area (Å²) >= 11 is 5.90. The van der Waals surface area contributed by atoms with Crippen LogP contribution in [-0.4, -0.2) is 43.1 Å². The minimum Gasteiger partial charge on any atom is -0.354 e. The summed E-state index contributed by atoms with van der Waals surface area (Å²) in [4.78, 5) is 6.85. The van der Waals surface area contributed by atoms with Crippen molar-refractivity contribution in [2.45, 2.75) is 45.3 Å². The minimum absolute atomic E-state index is 0. The van der Waals surface area contributed by atoms with Crippen LogP contribution in [0.4, 0.5) is 0 Å². The van der Waals surface area contributed by atoms with E-state index < -0.39 is 0 Å². The number of hydrogen-bond acceptors (Lipinski definition) is 2. The third-order valence-corrected chi connectivity index (χ3v) is 4.45. The molecular formula is C17H28ClIN4. The largest absolute Gasteiger partial charge is 0.354 e. The average Bonchev–Trinajstić information content (AvgIpc) is 2.53. The number of benzene rings is 1. The lowest BCUT2D eigenvalue weighted by Gasteiger charge is -2.35. The molecule has 0 atom stereocenters. The Morgan fingerprint density at radius 2 is 1.87 bits per heavy atom. The molecule has 6 heteroatoms. The lowest BCUT2D eigenvalue weighted by Crippen LogP contribution is -2.49. The van der Waals surface area contributed by atoms with E-state index in [9.17, 15) is 0 Å². The minimum atomic E-state index is 0. The van der Waals surface area contributed by atoms with Crippen molar-refractivity contribution in [1.29, 1.82) is 0 Å². The van der Waals surface area contributed by atoms with E-state index in [0.717, 1.165) is 30.6 Å². The molecule has 1 aliphatic heterocycles. The van der Waals surface area contributed by atoms with Gasteiger partial charge in [-0.1, -0.05) is 23.7 Å². The van der Waals surface area contributed by atoms with Gasteiger partial charge in [-0.2, -0.15) is 0 Å². The maximum Gasteiger partial charge on any atom is 0.191 e. The van der Waals surface area contributed by atoms with Crippen molar-refractivity contribution >= 4 is 41.5 Å². The van der Waals surface area contributed by atoms with Gasteiger partial charge < -0.3 is 15.5 Å². The van der Waals surface area contributed by atoms with E-state index >= 15 is 0 Å². The first-order chi connectivity index (χ1) is 10.6. The van der Waals surface area contributed by atoms with Gasteiger partial charge >= 0.3 is 0 Å². The van der Waals surface area contributed by atoms with E-state index in [1.165, 1.54) is 18.4 Å². The quantitative estimate of drug-likeness (QED) is 0.419. The summed E-state index contributed by atoms with van der Waals surface area (Å²) in [5.74, 6) is 0.873. The Bertz CT molecular complexity index is 482. The Kier molecular flexibility index (Phi) is 9.24. The molecule has 4 nitrogen and oxygen atoms in total. The molecule has 0 radical (unpaired) electrons. The van der Waals surface area contributed by atoms with Crippen LogP contribution in [0.1, 0.15) is 32.3 Å². The fourth-order valence-corrected chi connectivity index (χ4v) is 2.86. The second-order valence-electron chi connectivity index (χ2n) is 6.10. The van der Waals surface area contributed by atoms with Crippen molar-refractivity contribution in [3.8, 4) is 0 Å². The van der Waals surface area contributed by atoms with Crippen LogP contribution in [0.15, 0.2) is 29.3 Å². The molecule has 1 heterocycles. The van der Waals surface area contributed by atoms with Crippen molar-refractivity contribution in [2.75, 3.05) is 20.1 Å². The molecule has 130 valence electrons. The first kappa shape index (κ1) is 20.5. The molecule has 2 rings (SSSR count). The Labute approximate surface area is 162 Å². The van der Waals surface area contributed by atoms with Crippen molar-refractivity contribution in [3.63, 3.8) is 0 Å². The number of hydrogen-bond donors (Lipinski definition) is 2. The van der Waals surface area contributed by atoms with Crippen LogP contribution in [0.5, 0.6) is 0 Å². The number of nitrogens with one attached hydrogen (secondary N) is 2. The third-order valence-electron chi connectivity index (χ3n) is 4.20. The maximum atomic E-state index is 5.90. The van der Waals surface area contributed by atoms with Gasteiger partial charge in [0, 0.05) is 43.8 Å². The lowest BCUT2D eigenvalue weighted by atomic mass is 10.0. The zero-order chi connectivity index (χ0) is 15.9. The Balaban J connectivity index is 0.00000264. The summed E-state index contributed by atoms with van der Waals surface area (Å²) < 4.78 is 0. The van der Waals surface area contributed by atoms with Gasteiger partial charge in [0.1, 0.15) is 0 Å². The molecule has 0 spiro atoms. The normalized spacial score (nSPS) is 17.0. The van der Waals surface area contributed by atoms with Crippen molar-refractivity contribution in [2.24, 2.45) is 4.99 Å². The second-order valence-corrected chi connectivity index (χ2v) is 6.54. The number of piperidine rings is 1. The highest BCUT2D eigenvalue weighted by molar-refractivity contribution is 14.0. The SMILES string of the molecule is CN=C(NCc1ccc(Cl)cc1)NC1CCN(C(C)C)CC1.I. The molecule has 1 fully saturated rings. The van der Waals surface area contributed by atoms with Crippen LogP contribution in [0, 0.1) is 0 Å². The van der Waals surface area contributed by atoms with Crippen molar-refractivity contribution in [1.82, 2.24) is 15.5 Å². The second kappa shape index (κ2) is 10.4. The number of likely N-dealkylation sites (tertiary alicyclic amines) is 1. The van der Waals surface area contributed by atoms with E-state index in [2.05, 4.69) is 34.4 Å². The van der Waals surface area contributed by atoms with Crippen LogP contribution >= 0.6 is 35.6 Å². The molecule has 0 aromatic heterocycles. The summed E-state index contributed by atoms with van der Waals surface area (Å²) in [5, 5.41) is 7.67. The van der Waals surface area contributed by atoms with Gasteiger partial charge in [0.15, 0.2) is 5.96 Å². The molecule has 0 bridgehead atoms. The average molecular weight is 451 g/mol. The van der Waals surface area contributed by atoms with E-state index in [1.54, 1.807) is 0 Å². The smallest absolute Gasteiger partial charge is 0.191 e. The molecule has 1 aromatic carbocycles. The number of halogens is 2. The van der Waals surface area contributed by atoms with Crippen LogP contribution in [0.25, 0.3) is 0 Å². The van der Waals surface area contributed by atoms with Gasteiger partial charge in [-0.05, 0) is 44.4 Å². The third kappa shape index (κ3) is 6.85. The highest BCUT2D eigenvalue weighted by Crippen LogP contribution is 2.13. The molecule has 1 aromatic rings. The fraction of sp³-hybridized carbons (Fsp3) is 0.588. The zero-order valence-electron chi connectivity index (χ0n) is 14.2. The number of nitrogens with zero attached hydrogens (tertiary/aromatic N) is 2. The standard InChI is InChI=1S/C17H27ClN4.HI/c1-13(2)22-10-8-16(9-11-22)21-17(19-3)20-12-14-4-6-15(18)7-5-14;/h4-7,13,16H,8-12H2,1-3H3,(H2,19,20,21);1H. The van der Waals surface area contributed by atoms with Gasteiger partial charge in [0.2, 0.25) is 0 Å². The number of guanidine groups is 1. The van der Waals surface area contributed by atoms with Crippen molar-refractivity contribution < 1.29 is 0 Å². The first-order valence-corrected chi connectivity index (χ1v) is 8.42. The molecule has 0 amide bonds. The maximum absolute atomic E-state index is 5.90. The van der Waals surface area contributed by atoms with Gasteiger partial charge in [-0.25, -0.2) is 0 Å². The van der Waals surface area contributed by atoms with Crippen LogP contribution in [0.3, 0.4) is 0 Å².